The van der Waals surface area contributed by atoms with E-state index < -0.39 is 5.82 Å². The predicted molar refractivity (Wildman–Crippen MR) is 70.2 cm³/mol. The molecule has 0 atom stereocenters. The van der Waals surface area contributed by atoms with E-state index in [4.69, 9.17) is 4.74 Å². The third kappa shape index (κ3) is 2.70. The average Bonchev–Trinajstić information content (AvgIpc) is 2.36. The van der Waals surface area contributed by atoms with Crippen LogP contribution >= 0.6 is 15.9 Å². The molecular formula is C14H11BrF2O. The van der Waals surface area contributed by atoms with Crippen LogP contribution in [0.3, 0.4) is 0 Å². The van der Waals surface area contributed by atoms with Crippen molar-refractivity contribution in [2.24, 2.45) is 0 Å². The van der Waals surface area contributed by atoms with Gasteiger partial charge in [-0.2, -0.15) is 0 Å². The van der Waals surface area contributed by atoms with E-state index >= 15 is 0 Å². The van der Waals surface area contributed by atoms with Crippen molar-refractivity contribution < 1.29 is 13.5 Å². The van der Waals surface area contributed by atoms with Gasteiger partial charge in [0.25, 0.3) is 0 Å². The largest absolute Gasteiger partial charge is 0.454 e. The minimum absolute atomic E-state index is 0.123. The normalized spacial score (nSPS) is 10.4. The van der Waals surface area contributed by atoms with Gasteiger partial charge in [0.1, 0.15) is 11.6 Å². The van der Waals surface area contributed by atoms with Gasteiger partial charge in [-0.1, -0.05) is 34.1 Å². The summed E-state index contributed by atoms with van der Waals surface area (Å²) in [6.07, 6.45) is 0. The zero-order valence-corrected chi connectivity index (χ0v) is 11.3. The van der Waals surface area contributed by atoms with Crippen LogP contribution in [0.4, 0.5) is 8.78 Å². The van der Waals surface area contributed by atoms with E-state index in [2.05, 4.69) is 15.9 Å². The SMILES string of the molecule is Cc1ccc(Oc2c(F)cccc2CBr)cc1F. The van der Waals surface area contributed by atoms with Crippen molar-refractivity contribution in [3.63, 3.8) is 0 Å². The summed E-state index contributed by atoms with van der Waals surface area (Å²) in [7, 11) is 0. The summed E-state index contributed by atoms with van der Waals surface area (Å²) >= 11 is 3.26. The van der Waals surface area contributed by atoms with E-state index in [0.29, 0.717) is 16.5 Å². The summed E-state index contributed by atoms with van der Waals surface area (Å²) in [6.45, 7) is 1.66. The maximum Gasteiger partial charge on any atom is 0.167 e. The smallest absolute Gasteiger partial charge is 0.167 e. The maximum absolute atomic E-state index is 13.7. The summed E-state index contributed by atoms with van der Waals surface area (Å²) in [4.78, 5) is 0. The Morgan fingerprint density at radius 1 is 1.11 bits per heavy atom. The molecule has 0 aliphatic carbocycles. The molecule has 0 fully saturated rings. The second kappa shape index (κ2) is 5.48. The van der Waals surface area contributed by atoms with Crippen molar-refractivity contribution in [2.75, 3.05) is 0 Å². The van der Waals surface area contributed by atoms with Crippen LogP contribution in [-0.4, -0.2) is 0 Å². The van der Waals surface area contributed by atoms with Gasteiger partial charge in [-0.25, -0.2) is 8.78 Å². The van der Waals surface area contributed by atoms with E-state index in [1.54, 1.807) is 31.2 Å². The average molecular weight is 313 g/mol. The molecule has 0 bridgehead atoms. The van der Waals surface area contributed by atoms with Crippen LogP contribution in [-0.2, 0) is 5.33 Å². The van der Waals surface area contributed by atoms with E-state index in [0.717, 1.165) is 0 Å². The van der Waals surface area contributed by atoms with Crippen molar-refractivity contribution in [1.29, 1.82) is 0 Å². The Balaban J connectivity index is 2.36. The molecule has 0 spiro atoms. The van der Waals surface area contributed by atoms with Gasteiger partial charge in [-0.05, 0) is 24.6 Å². The number of alkyl halides is 1. The van der Waals surface area contributed by atoms with Gasteiger partial charge >= 0.3 is 0 Å². The lowest BCUT2D eigenvalue weighted by Crippen LogP contribution is -1.94. The van der Waals surface area contributed by atoms with Crippen LogP contribution in [0.2, 0.25) is 0 Å². The Labute approximate surface area is 113 Å². The van der Waals surface area contributed by atoms with Crippen LogP contribution in [0.25, 0.3) is 0 Å². The molecule has 0 aromatic heterocycles. The molecule has 1 nitrogen and oxygen atoms in total. The van der Waals surface area contributed by atoms with Crippen LogP contribution in [0.15, 0.2) is 36.4 Å². The second-order valence-electron chi connectivity index (χ2n) is 3.87. The van der Waals surface area contributed by atoms with Crippen molar-refractivity contribution in [2.45, 2.75) is 12.3 Å². The molecule has 0 radical (unpaired) electrons. The van der Waals surface area contributed by atoms with Crippen molar-refractivity contribution in [3.05, 3.63) is 59.2 Å². The number of rotatable bonds is 3. The molecular weight excluding hydrogens is 302 g/mol. The van der Waals surface area contributed by atoms with E-state index in [1.807, 2.05) is 0 Å². The molecule has 0 amide bonds. The van der Waals surface area contributed by atoms with Gasteiger partial charge in [0.05, 0.1) is 0 Å². The minimum atomic E-state index is -0.465. The highest BCUT2D eigenvalue weighted by atomic mass is 79.9. The molecule has 0 aliphatic rings. The van der Waals surface area contributed by atoms with Crippen LogP contribution in [0.1, 0.15) is 11.1 Å². The molecule has 0 heterocycles. The number of para-hydroxylation sites is 1. The van der Waals surface area contributed by atoms with Gasteiger partial charge < -0.3 is 4.74 Å². The standard InChI is InChI=1S/C14H11BrF2O/c1-9-5-6-11(7-13(9)17)18-14-10(8-15)3-2-4-12(14)16/h2-7H,8H2,1H3. The number of benzene rings is 2. The molecule has 0 saturated carbocycles. The molecule has 2 aromatic rings. The first-order valence-corrected chi connectivity index (χ1v) is 6.51. The second-order valence-corrected chi connectivity index (χ2v) is 4.44. The lowest BCUT2D eigenvalue weighted by Gasteiger charge is -2.11. The molecule has 2 aromatic carbocycles. The molecule has 2 rings (SSSR count). The summed E-state index contributed by atoms with van der Waals surface area (Å²) in [5.41, 5.74) is 1.20. The molecule has 0 saturated heterocycles. The molecule has 0 aliphatic heterocycles. The first kappa shape index (κ1) is 13.0. The molecule has 94 valence electrons. The number of hydrogen-bond acceptors (Lipinski definition) is 1. The number of aryl methyl sites for hydroxylation is 1. The lowest BCUT2D eigenvalue weighted by atomic mass is 10.2. The quantitative estimate of drug-likeness (QED) is 0.728. The molecule has 0 N–H and O–H groups in total. The zero-order chi connectivity index (χ0) is 13.1. The highest BCUT2D eigenvalue weighted by Crippen LogP contribution is 2.30. The van der Waals surface area contributed by atoms with Crippen molar-refractivity contribution in [3.8, 4) is 11.5 Å². The van der Waals surface area contributed by atoms with Crippen LogP contribution in [0, 0.1) is 18.6 Å². The Bertz CT molecular complexity index is 570. The molecule has 18 heavy (non-hydrogen) atoms. The summed E-state index contributed by atoms with van der Waals surface area (Å²) in [6, 6.07) is 9.13. The van der Waals surface area contributed by atoms with Gasteiger partial charge in [0.15, 0.2) is 11.6 Å². The van der Waals surface area contributed by atoms with Gasteiger partial charge in [-0.15, -0.1) is 0 Å². The zero-order valence-electron chi connectivity index (χ0n) is 9.71. The minimum Gasteiger partial charge on any atom is -0.454 e. The molecule has 4 heteroatoms. The fraction of sp³-hybridized carbons (Fsp3) is 0.143. The first-order chi connectivity index (χ1) is 8.61. The van der Waals surface area contributed by atoms with Gasteiger partial charge in [0, 0.05) is 17.0 Å². The van der Waals surface area contributed by atoms with Gasteiger partial charge in [0.2, 0.25) is 0 Å². The predicted octanol–water partition coefficient (Wildman–Crippen LogP) is 4.96. The Morgan fingerprint density at radius 2 is 1.89 bits per heavy atom. The fourth-order valence-corrected chi connectivity index (χ4v) is 1.97. The first-order valence-electron chi connectivity index (χ1n) is 5.39. The van der Waals surface area contributed by atoms with Gasteiger partial charge in [-0.3, -0.25) is 0 Å². The van der Waals surface area contributed by atoms with Crippen molar-refractivity contribution >= 4 is 15.9 Å². The Hall–Kier alpha value is -1.42. The summed E-state index contributed by atoms with van der Waals surface area (Å²) in [5.74, 6) is -0.430. The Kier molecular flexibility index (Phi) is 3.97. The maximum atomic E-state index is 13.7. The topological polar surface area (TPSA) is 9.23 Å². The van der Waals surface area contributed by atoms with Crippen LogP contribution < -0.4 is 4.74 Å². The summed E-state index contributed by atoms with van der Waals surface area (Å²) in [5, 5.41) is 0.467. The Morgan fingerprint density at radius 3 is 2.56 bits per heavy atom. The number of halogens is 3. The van der Waals surface area contributed by atoms with E-state index in [9.17, 15) is 8.78 Å². The fourth-order valence-electron chi connectivity index (χ4n) is 1.53. The molecule has 0 unspecified atom stereocenters. The third-order valence-electron chi connectivity index (χ3n) is 2.56. The third-order valence-corrected chi connectivity index (χ3v) is 3.16. The lowest BCUT2D eigenvalue weighted by molar-refractivity contribution is 0.434. The monoisotopic (exact) mass is 312 g/mol. The highest BCUT2D eigenvalue weighted by Gasteiger charge is 2.11. The van der Waals surface area contributed by atoms with Crippen molar-refractivity contribution in [1.82, 2.24) is 0 Å². The van der Waals surface area contributed by atoms with Crippen LogP contribution in [0.5, 0.6) is 11.5 Å². The van der Waals surface area contributed by atoms with E-state index in [1.165, 1.54) is 12.1 Å². The summed E-state index contributed by atoms with van der Waals surface area (Å²) < 4.78 is 32.5. The number of ether oxygens (including phenoxy) is 1. The van der Waals surface area contributed by atoms with E-state index in [-0.39, 0.29) is 17.3 Å². The highest BCUT2D eigenvalue weighted by molar-refractivity contribution is 9.08. The number of hydrogen-bond donors (Lipinski definition) is 0.